The van der Waals surface area contributed by atoms with Crippen molar-refractivity contribution in [1.82, 2.24) is 0 Å². The number of hydrogen-bond acceptors (Lipinski definition) is 5. The molecule has 0 saturated heterocycles. The van der Waals surface area contributed by atoms with Crippen molar-refractivity contribution in [3.05, 3.63) is 34.6 Å². The Morgan fingerprint density at radius 3 is 2.14 bits per heavy atom. The fourth-order valence-corrected chi connectivity index (χ4v) is 1.79. The summed E-state index contributed by atoms with van der Waals surface area (Å²) in [5.74, 6) is -6.08. The van der Waals surface area contributed by atoms with Gasteiger partial charge in [0.25, 0.3) is 0 Å². The van der Waals surface area contributed by atoms with E-state index in [0.29, 0.717) is 0 Å². The van der Waals surface area contributed by atoms with Gasteiger partial charge in [-0.3, -0.25) is 14.4 Å². The predicted molar refractivity (Wildman–Crippen MR) is 72.5 cm³/mol. The van der Waals surface area contributed by atoms with Crippen LogP contribution in [0.4, 0.5) is 4.39 Å². The van der Waals surface area contributed by atoms with Gasteiger partial charge in [0.05, 0.1) is 23.8 Å². The Morgan fingerprint density at radius 1 is 1.14 bits per heavy atom. The van der Waals surface area contributed by atoms with Crippen molar-refractivity contribution in [2.24, 2.45) is 5.92 Å². The van der Waals surface area contributed by atoms with Crippen LogP contribution in [0.1, 0.15) is 24.2 Å². The minimum Gasteiger partial charge on any atom is -0.465 e. The van der Waals surface area contributed by atoms with Crippen molar-refractivity contribution in [3.8, 4) is 0 Å². The average Bonchev–Trinajstić information content (AvgIpc) is 2.42. The molecule has 0 fully saturated rings. The monoisotopic (exact) mass is 316 g/mol. The number of esters is 2. The van der Waals surface area contributed by atoms with Gasteiger partial charge in [-0.2, -0.15) is 0 Å². The lowest BCUT2D eigenvalue weighted by Gasteiger charge is -2.14. The fourth-order valence-electron chi connectivity index (χ4n) is 1.61. The Balaban J connectivity index is 3.18. The van der Waals surface area contributed by atoms with E-state index in [2.05, 4.69) is 9.47 Å². The van der Waals surface area contributed by atoms with Crippen LogP contribution in [0.3, 0.4) is 0 Å². The van der Waals surface area contributed by atoms with Gasteiger partial charge < -0.3 is 9.47 Å². The Bertz CT molecular complexity index is 540. The molecule has 5 nitrogen and oxygen atoms in total. The van der Waals surface area contributed by atoms with Gasteiger partial charge in [0.2, 0.25) is 5.92 Å². The lowest BCUT2D eigenvalue weighted by atomic mass is 9.97. The fraction of sp³-hybridized carbons (Fsp3) is 0.357. The molecule has 1 aromatic carbocycles. The van der Waals surface area contributed by atoms with Crippen LogP contribution in [0.5, 0.6) is 0 Å². The van der Waals surface area contributed by atoms with Gasteiger partial charge in [-0.25, -0.2) is 4.39 Å². The summed E-state index contributed by atoms with van der Waals surface area (Å²) in [6.07, 6.45) is 0. The molecule has 0 saturated carbocycles. The second-order valence-corrected chi connectivity index (χ2v) is 4.31. The van der Waals surface area contributed by atoms with E-state index in [1.807, 2.05) is 0 Å². The highest BCUT2D eigenvalue weighted by molar-refractivity contribution is 6.31. The van der Waals surface area contributed by atoms with Crippen molar-refractivity contribution < 1.29 is 28.2 Å². The number of ether oxygens (including phenoxy) is 2. The zero-order valence-corrected chi connectivity index (χ0v) is 12.3. The van der Waals surface area contributed by atoms with E-state index < -0.39 is 35.0 Å². The number of halogens is 2. The summed E-state index contributed by atoms with van der Waals surface area (Å²) in [6.45, 7) is 2.98. The minimum atomic E-state index is -1.86. The van der Waals surface area contributed by atoms with Gasteiger partial charge in [-0.1, -0.05) is 17.7 Å². The number of ketones is 1. The molecular weight excluding hydrogens is 303 g/mol. The first-order valence-corrected chi connectivity index (χ1v) is 6.63. The highest BCUT2D eigenvalue weighted by atomic mass is 35.5. The Labute approximate surface area is 126 Å². The molecule has 0 atom stereocenters. The minimum absolute atomic E-state index is 0.0277. The number of carbonyl (C=O) groups is 3. The molecule has 21 heavy (non-hydrogen) atoms. The van der Waals surface area contributed by atoms with Gasteiger partial charge in [0, 0.05) is 0 Å². The molecule has 7 heteroatoms. The number of hydrogen-bond donors (Lipinski definition) is 0. The number of carbonyl (C=O) groups excluding carboxylic acids is 3. The standard InChI is InChI=1S/C14H14ClFO5/c1-3-20-13(18)10(14(19)21-4-2)12(17)8-6-5-7-9(15)11(8)16/h5-7,10H,3-4H2,1-2H3. The summed E-state index contributed by atoms with van der Waals surface area (Å²) >= 11 is 5.58. The lowest BCUT2D eigenvalue weighted by Crippen LogP contribution is -2.35. The van der Waals surface area contributed by atoms with Crippen molar-refractivity contribution >= 4 is 29.3 Å². The number of rotatable bonds is 6. The van der Waals surface area contributed by atoms with E-state index in [4.69, 9.17) is 11.6 Å². The van der Waals surface area contributed by atoms with Crippen LogP contribution >= 0.6 is 11.6 Å². The third kappa shape index (κ3) is 4.01. The summed E-state index contributed by atoms with van der Waals surface area (Å²) in [4.78, 5) is 35.8. The molecule has 0 aromatic heterocycles. The molecule has 0 spiro atoms. The average molecular weight is 317 g/mol. The molecule has 0 N–H and O–H groups in total. The zero-order chi connectivity index (χ0) is 16.0. The van der Waals surface area contributed by atoms with Crippen LogP contribution in [0, 0.1) is 11.7 Å². The van der Waals surface area contributed by atoms with Crippen LogP contribution in [0.2, 0.25) is 5.02 Å². The van der Waals surface area contributed by atoms with Gasteiger partial charge in [-0.15, -0.1) is 0 Å². The first-order chi connectivity index (χ1) is 9.93. The normalized spacial score (nSPS) is 10.3. The van der Waals surface area contributed by atoms with Gasteiger partial charge in [0.15, 0.2) is 11.6 Å². The molecule has 0 bridgehead atoms. The van der Waals surface area contributed by atoms with Gasteiger partial charge in [-0.05, 0) is 26.0 Å². The molecule has 0 aliphatic carbocycles. The van der Waals surface area contributed by atoms with E-state index in [9.17, 15) is 18.8 Å². The molecule has 0 heterocycles. The van der Waals surface area contributed by atoms with Crippen molar-refractivity contribution in [3.63, 3.8) is 0 Å². The van der Waals surface area contributed by atoms with Crippen LogP contribution < -0.4 is 0 Å². The molecule has 0 unspecified atom stereocenters. The smallest absolute Gasteiger partial charge is 0.328 e. The van der Waals surface area contributed by atoms with E-state index in [-0.39, 0.29) is 18.2 Å². The second kappa shape index (κ2) is 7.73. The first kappa shape index (κ1) is 17.1. The molecule has 1 aromatic rings. The second-order valence-electron chi connectivity index (χ2n) is 3.90. The maximum Gasteiger partial charge on any atom is 0.328 e. The third-order valence-corrected chi connectivity index (χ3v) is 2.82. The topological polar surface area (TPSA) is 69.7 Å². The largest absolute Gasteiger partial charge is 0.465 e. The van der Waals surface area contributed by atoms with Crippen molar-refractivity contribution in [2.45, 2.75) is 13.8 Å². The predicted octanol–water partition coefficient (Wildman–Crippen LogP) is 2.40. The quantitative estimate of drug-likeness (QED) is 0.458. The summed E-state index contributed by atoms with van der Waals surface area (Å²) in [5, 5.41) is -0.285. The highest BCUT2D eigenvalue weighted by Crippen LogP contribution is 2.22. The maximum atomic E-state index is 13.9. The summed E-state index contributed by atoms with van der Waals surface area (Å²) < 4.78 is 23.2. The summed E-state index contributed by atoms with van der Waals surface area (Å²) in [6, 6.07) is 3.72. The number of benzene rings is 1. The van der Waals surface area contributed by atoms with E-state index in [1.54, 1.807) is 0 Å². The van der Waals surface area contributed by atoms with Crippen molar-refractivity contribution in [1.29, 1.82) is 0 Å². The van der Waals surface area contributed by atoms with Crippen molar-refractivity contribution in [2.75, 3.05) is 13.2 Å². The lowest BCUT2D eigenvalue weighted by molar-refractivity contribution is -0.158. The number of Topliss-reactive ketones (excluding diaryl/α,β-unsaturated/α-hetero) is 1. The Kier molecular flexibility index (Phi) is 6.30. The van der Waals surface area contributed by atoms with Crippen LogP contribution in [0.15, 0.2) is 18.2 Å². The molecule has 0 aliphatic rings. The molecular formula is C14H14ClFO5. The maximum absolute atomic E-state index is 13.9. The third-order valence-electron chi connectivity index (χ3n) is 2.52. The first-order valence-electron chi connectivity index (χ1n) is 6.25. The van der Waals surface area contributed by atoms with Crippen LogP contribution in [-0.4, -0.2) is 30.9 Å². The molecule has 0 radical (unpaired) electrons. The van der Waals surface area contributed by atoms with Crippen LogP contribution in [0.25, 0.3) is 0 Å². The highest BCUT2D eigenvalue weighted by Gasteiger charge is 2.38. The van der Waals surface area contributed by atoms with Crippen LogP contribution in [-0.2, 0) is 19.1 Å². The van der Waals surface area contributed by atoms with Gasteiger partial charge >= 0.3 is 11.9 Å². The SMILES string of the molecule is CCOC(=O)C(C(=O)OCC)C(=O)c1cccc(Cl)c1F. The molecule has 0 aliphatic heterocycles. The Morgan fingerprint density at radius 2 is 1.67 bits per heavy atom. The van der Waals surface area contributed by atoms with E-state index >= 15 is 0 Å². The van der Waals surface area contributed by atoms with E-state index in [0.717, 1.165) is 6.07 Å². The Hall–Kier alpha value is -1.95. The van der Waals surface area contributed by atoms with E-state index in [1.165, 1.54) is 26.0 Å². The summed E-state index contributed by atoms with van der Waals surface area (Å²) in [7, 11) is 0. The summed E-state index contributed by atoms with van der Waals surface area (Å²) in [5.41, 5.74) is -0.464. The van der Waals surface area contributed by atoms with Gasteiger partial charge in [0.1, 0.15) is 0 Å². The molecule has 1 rings (SSSR count). The molecule has 114 valence electrons. The molecule has 0 amide bonds. The zero-order valence-electron chi connectivity index (χ0n) is 11.5.